The van der Waals surface area contributed by atoms with Gasteiger partial charge in [-0.3, -0.25) is 9.10 Å². The van der Waals surface area contributed by atoms with Crippen molar-refractivity contribution in [3.05, 3.63) is 59.2 Å². The average Bonchev–Trinajstić information content (AvgIpc) is 2.71. The van der Waals surface area contributed by atoms with E-state index < -0.39 is 10.0 Å². The summed E-state index contributed by atoms with van der Waals surface area (Å²) in [5.74, 6) is -0.112. The van der Waals surface area contributed by atoms with E-state index in [-0.39, 0.29) is 17.3 Å². The molecule has 2 aromatic carbocycles. The highest BCUT2D eigenvalue weighted by Gasteiger charge is 2.30. The summed E-state index contributed by atoms with van der Waals surface area (Å²) in [5, 5.41) is 0. The molecule has 142 valence electrons. The molecule has 4 rings (SSSR count). The number of amides is 1. The fraction of sp³-hybridized carbons (Fsp3) is 0.350. The number of nitrogens with two attached hydrogens (primary N) is 1. The molecule has 0 radical (unpaired) electrons. The molecule has 0 saturated heterocycles. The van der Waals surface area contributed by atoms with Gasteiger partial charge >= 0.3 is 0 Å². The molecule has 7 heteroatoms. The second-order valence-electron chi connectivity index (χ2n) is 7.01. The zero-order valence-electron chi connectivity index (χ0n) is 15.1. The predicted octanol–water partition coefficient (Wildman–Crippen LogP) is 1.67. The van der Waals surface area contributed by atoms with Crippen LogP contribution < -0.4 is 10.0 Å². The van der Waals surface area contributed by atoms with Crippen LogP contribution in [-0.2, 0) is 34.2 Å². The molecule has 0 fully saturated rings. The van der Waals surface area contributed by atoms with Crippen molar-refractivity contribution in [2.75, 3.05) is 23.9 Å². The minimum absolute atomic E-state index is 0.0299. The van der Waals surface area contributed by atoms with Crippen LogP contribution in [0.5, 0.6) is 0 Å². The summed E-state index contributed by atoms with van der Waals surface area (Å²) in [6, 6.07) is 12.9. The summed E-state index contributed by atoms with van der Waals surface area (Å²) in [7, 11) is -3.65. The van der Waals surface area contributed by atoms with Gasteiger partial charge in [0.15, 0.2) is 0 Å². The Bertz CT molecular complexity index is 988. The predicted molar refractivity (Wildman–Crippen MR) is 104 cm³/mol. The van der Waals surface area contributed by atoms with Crippen molar-refractivity contribution in [2.24, 2.45) is 5.73 Å². The van der Waals surface area contributed by atoms with Gasteiger partial charge in [-0.25, -0.2) is 8.42 Å². The molecule has 6 nitrogen and oxygen atoms in total. The molecule has 0 aliphatic carbocycles. The average molecular weight is 385 g/mol. The van der Waals surface area contributed by atoms with Crippen LogP contribution in [0.1, 0.15) is 23.1 Å². The lowest BCUT2D eigenvalue weighted by molar-refractivity contribution is -0.130. The van der Waals surface area contributed by atoms with Crippen LogP contribution in [0.2, 0.25) is 0 Å². The lowest BCUT2D eigenvalue weighted by Gasteiger charge is -2.32. The van der Waals surface area contributed by atoms with E-state index in [9.17, 15) is 13.2 Å². The number of hydrogen-bond acceptors (Lipinski definition) is 4. The molecule has 0 atom stereocenters. The van der Waals surface area contributed by atoms with Crippen LogP contribution in [0.25, 0.3) is 0 Å². The highest BCUT2D eigenvalue weighted by atomic mass is 32.2. The summed E-state index contributed by atoms with van der Waals surface area (Å²) >= 11 is 0. The smallest absolute Gasteiger partial charge is 0.264 e. The first-order chi connectivity index (χ1) is 13.0. The van der Waals surface area contributed by atoms with Gasteiger partial charge < -0.3 is 10.6 Å². The first kappa shape index (κ1) is 18.0. The molecule has 2 N–H and O–H groups in total. The number of fused-ring (bicyclic) bond motifs is 2. The zero-order valence-corrected chi connectivity index (χ0v) is 15.9. The Hall–Kier alpha value is -2.38. The molecule has 2 aromatic rings. The summed E-state index contributed by atoms with van der Waals surface area (Å²) < 4.78 is 28.2. The van der Waals surface area contributed by atoms with Crippen molar-refractivity contribution in [1.29, 1.82) is 0 Å². The molecule has 0 aromatic heterocycles. The van der Waals surface area contributed by atoms with E-state index in [1.807, 2.05) is 30.3 Å². The number of aryl methyl sites for hydroxylation is 1. The van der Waals surface area contributed by atoms with Gasteiger partial charge in [0, 0.05) is 19.6 Å². The van der Waals surface area contributed by atoms with Gasteiger partial charge in [0.1, 0.15) is 0 Å². The molecule has 1 amide bonds. The second-order valence-corrected chi connectivity index (χ2v) is 8.87. The van der Waals surface area contributed by atoms with Gasteiger partial charge in [-0.1, -0.05) is 24.3 Å². The summed E-state index contributed by atoms with van der Waals surface area (Å²) in [6.45, 7) is 1.48. The first-order valence-corrected chi connectivity index (χ1v) is 10.6. The Kier molecular flexibility index (Phi) is 4.65. The Labute approximate surface area is 159 Å². The summed E-state index contributed by atoms with van der Waals surface area (Å²) in [4.78, 5) is 13.9. The van der Waals surface area contributed by atoms with Crippen molar-refractivity contribution in [3.63, 3.8) is 0 Å². The van der Waals surface area contributed by atoms with E-state index in [0.29, 0.717) is 26.1 Å². The van der Waals surface area contributed by atoms with Crippen molar-refractivity contribution in [1.82, 2.24) is 4.90 Å². The minimum Gasteiger partial charge on any atom is -0.337 e. The van der Waals surface area contributed by atoms with Crippen LogP contribution in [0, 0.1) is 0 Å². The summed E-state index contributed by atoms with van der Waals surface area (Å²) in [5.41, 5.74) is 9.27. The maximum atomic E-state index is 13.3. The Balaban J connectivity index is 1.69. The number of carbonyl (C=O) groups is 1. The van der Waals surface area contributed by atoms with E-state index in [1.54, 1.807) is 17.0 Å². The minimum atomic E-state index is -3.65. The lowest BCUT2D eigenvalue weighted by Crippen LogP contribution is -2.40. The molecular weight excluding hydrogens is 362 g/mol. The molecule has 0 spiro atoms. The number of rotatable bonds is 3. The van der Waals surface area contributed by atoms with Gasteiger partial charge in [-0.2, -0.15) is 0 Å². The third-order valence-electron chi connectivity index (χ3n) is 5.37. The molecule has 0 unspecified atom stereocenters. The molecule has 0 bridgehead atoms. The van der Waals surface area contributed by atoms with Crippen LogP contribution in [0.15, 0.2) is 47.4 Å². The normalized spacial score (nSPS) is 16.6. The van der Waals surface area contributed by atoms with Crippen LogP contribution in [0.4, 0.5) is 5.69 Å². The molecule has 2 aliphatic rings. The standard InChI is InChI=1S/C20H23N3O3S/c21-13-20(24)22-11-9-15-7-8-18(12-17(15)14-22)27(25,26)23-10-3-5-16-4-1-2-6-19(16)23/h1-2,4,6-8,12H,3,5,9-11,13-14,21H2. The van der Waals surface area contributed by atoms with E-state index in [1.165, 1.54) is 4.31 Å². The van der Waals surface area contributed by atoms with Crippen molar-refractivity contribution in [2.45, 2.75) is 30.7 Å². The summed E-state index contributed by atoms with van der Waals surface area (Å²) in [6.07, 6.45) is 2.41. The molecular formula is C20H23N3O3S. The second kappa shape index (κ2) is 6.98. The number of anilines is 1. The fourth-order valence-electron chi connectivity index (χ4n) is 3.91. The van der Waals surface area contributed by atoms with Gasteiger partial charge in [0.2, 0.25) is 5.91 Å². The van der Waals surface area contributed by atoms with Crippen LogP contribution in [-0.4, -0.2) is 38.9 Å². The first-order valence-electron chi connectivity index (χ1n) is 9.21. The highest BCUT2D eigenvalue weighted by molar-refractivity contribution is 7.92. The number of hydrogen-bond donors (Lipinski definition) is 1. The Morgan fingerprint density at radius 1 is 1.00 bits per heavy atom. The number of carbonyl (C=O) groups excluding carboxylic acids is 1. The molecule has 0 saturated carbocycles. The molecule has 2 aliphatic heterocycles. The number of sulfonamides is 1. The highest BCUT2D eigenvalue weighted by Crippen LogP contribution is 2.33. The maximum absolute atomic E-state index is 13.3. The van der Waals surface area contributed by atoms with E-state index in [0.717, 1.165) is 35.2 Å². The number of nitrogens with zero attached hydrogens (tertiary/aromatic N) is 2. The molecule has 2 heterocycles. The van der Waals surface area contributed by atoms with Crippen LogP contribution >= 0.6 is 0 Å². The Morgan fingerprint density at radius 2 is 1.81 bits per heavy atom. The van der Waals surface area contributed by atoms with Crippen molar-refractivity contribution < 1.29 is 13.2 Å². The maximum Gasteiger partial charge on any atom is 0.264 e. The third-order valence-corrected chi connectivity index (χ3v) is 7.18. The van der Waals surface area contributed by atoms with E-state index in [4.69, 9.17) is 5.73 Å². The number of para-hydroxylation sites is 1. The SMILES string of the molecule is NCC(=O)N1CCc2ccc(S(=O)(=O)N3CCCc4ccccc43)cc2C1. The Morgan fingerprint density at radius 3 is 2.63 bits per heavy atom. The fourth-order valence-corrected chi connectivity index (χ4v) is 5.50. The largest absolute Gasteiger partial charge is 0.337 e. The van der Waals surface area contributed by atoms with Gasteiger partial charge in [-0.15, -0.1) is 0 Å². The van der Waals surface area contributed by atoms with Crippen molar-refractivity contribution >= 4 is 21.6 Å². The van der Waals surface area contributed by atoms with Gasteiger partial charge in [0.25, 0.3) is 10.0 Å². The lowest BCUT2D eigenvalue weighted by atomic mass is 10.00. The monoisotopic (exact) mass is 385 g/mol. The van der Waals surface area contributed by atoms with Gasteiger partial charge in [-0.05, 0) is 54.2 Å². The quantitative estimate of drug-likeness (QED) is 0.871. The van der Waals surface area contributed by atoms with Gasteiger partial charge in [0.05, 0.1) is 17.1 Å². The van der Waals surface area contributed by atoms with E-state index >= 15 is 0 Å². The van der Waals surface area contributed by atoms with Crippen molar-refractivity contribution in [3.8, 4) is 0 Å². The van der Waals surface area contributed by atoms with Crippen LogP contribution in [0.3, 0.4) is 0 Å². The topological polar surface area (TPSA) is 83.7 Å². The third kappa shape index (κ3) is 3.21. The molecule has 27 heavy (non-hydrogen) atoms. The number of benzene rings is 2. The zero-order chi connectivity index (χ0) is 19.0. The van der Waals surface area contributed by atoms with E-state index in [2.05, 4.69) is 0 Å².